The molecule has 1 aromatic rings. The Kier molecular flexibility index (Phi) is 5.75. The van der Waals surface area contributed by atoms with Gasteiger partial charge in [-0.15, -0.1) is 0 Å². The fraction of sp³-hybridized carbons (Fsp3) is 0.500. The van der Waals surface area contributed by atoms with Crippen LogP contribution in [-0.2, 0) is 14.3 Å². The molecule has 1 aromatic carbocycles. The Hall–Kier alpha value is -1.88. The minimum atomic E-state index is -0.736. The number of piperidine rings is 1. The standard InChI is InChI=1S/C16H22N2O3/c1-2-21-16(20)14(12-7-4-3-5-8-12)18-15(19)13-9-6-10-17-11-13/h3-5,7-8,13-14,17H,2,6,9-11H2,1H3,(H,18,19)/t13?,14-/m1/s1. The van der Waals surface area contributed by atoms with Crippen molar-refractivity contribution in [2.75, 3.05) is 19.7 Å². The van der Waals surface area contributed by atoms with E-state index in [0.29, 0.717) is 13.2 Å². The molecule has 114 valence electrons. The number of carbonyl (C=O) groups is 2. The van der Waals surface area contributed by atoms with Crippen LogP contribution >= 0.6 is 0 Å². The lowest BCUT2D eigenvalue weighted by Crippen LogP contribution is -2.43. The molecule has 0 aliphatic carbocycles. The van der Waals surface area contributed by atoms with E-state index < -0.39 is 12.0 Å². The van der Waals surface area contributed by atoms with Crippen LogP contribution in [0.2, 0.25) is 0 Å². The van der Waals surface area contributed by atoms with Crippen LogP contribution in [0.25, 0.3) is 0 Å². The van der Waals surface area contributed by atoms with Crippen LogP contribution in [0.5, 0.6) is 0 Å². The highest BCUT2D eigenvalue weighted by Gasteiger charge is 2.28. The molecule has 0 saturated carbocycles. The number of nitrogens with one attached hydrogen (secondary N) is 2. The number of benzene rings is 1. The number of carbonyl (C=O) groups excluding carboxylic acids is 2. The second-order valence-electron chi connectivity index (χ2n) is 5.15. The molecule has 0 aromatic heterocycles. The van der Waals surface area contributed by atoms with Gasteiger partial charge in [-0.1, -0.05) is 30.3 Å². The molecule has 1 saturated heterocycles. The van der Waals surface area contributed by atoms with Gasteiger partial charge in [0.05, 0.1) is 12.5 Å². The van der Waals surface area contributed by atoms with E-state index in [1.807, 2.05) is 30.3 Å². The first-order valence-corrected chi connectivity index (χ1v) is 7.45. The second kappa shape index (κ2) is 7.78. The van der Waals surface area contributed by atoms with Crippen LogP contribution in [0.15, 0.2) is 30.3 Å². The van der Waals surface area contributed by atoms with Crippen molar-refractivity contribution in [3.63, 3.8) is 0 Å². The summed E-state index contributed by atoms with van der Waals surface area (Å²) in [7, 11) is 0. The summed E-state index contributed by atoms with van der Waals surface area (Å²) in [5.74, 6) is -0.593. The van der Waals surface area contributed by atoms with Crippen LogP contribution in [0.4, 0.5) is 0 Å². The normalized spacial score (nSPS) is 19.6. The predicted octanol–water partition coefficient (Wildman–Crippen LogP) is 1.41. The molecule has 0 spiro atoms. The summed E-state index contributed by atoms with van der Waals surface area (Å²) in [5, 5.41) is 6.04. The molecule has 2 atom stereocenters. The maximum atomic E-state index is 12.3. The van der Waals surface area contributed by atoms with Crippen molar-refractivity contribution >= 4 is 11.9 Å². The SMILES string of the molecule is CCOC(=O)[C@H](NC(=O)C1CCCNC1)c1ccccc1. The van der Waals surface area contributed by atoms with Crippen molar-refractivity contribution in [2.45, 2.75) is 25.8 Å². The molecule has 1 unspecified atom stereocenters. The highest BCUT2D eigenvalue weighted by atomic mass is 16.5. The fourth-order valence-corrected chi connectivity index (χ4v) is 2.49. The van der Waals surface area contributed by atoms with E-state index in [9.17, 15) is 9.59 Å². The van der Waals surface area contributed by atoms with Gasteiger partial charge in [-0.2, -0.15) is 0 Å². The van der Waals surface area contributed by atoms with E-state index in [1.54, 1.807) is 6.92 Å². The molecule has 0 bridgehead atoms. The summed E-state index contributed by atoms with van der Waals surface area (Å²) in [6.07, 6.45) is 1.83. The third-order valence-corrected chi connectivity index (χ3v) is 3.61. The first kappa shape index (κ1) is 15.5. The average Bonchev–Trinajstić information content (AvgIpc) is 2.54. The number of ether oxygens (including phenoxy) is 1. The largest absolute Gasteiger partial charge is 0.464 e. The minimum Gasteiger partial charge on any atom is -0.464 e. The highest BCUT2D eigenvalue weighted by Crippen LogP contribution is 2.17. The zero-order valence-electron chi connectivity index (χ0n) is 12.3. The lowest BCUT2D eigenvalue weighted by Gasteiger charge is -2.25. The Bertz CT molecular complexity index is 470. The zero-order chi connectivity index (χ0) is 15.1. The van der Waals surface area contributed by atoms with Gasteiger partial charge in [-0.25, -0.2) is 4.79 Å². The van der Waals surface area contributed by atoms with Gasteiger partial charge < -0.3 is 15.4 Å². The van der Waals surface area contributed by atoms with Gasteiger partial charge in [0.15, 0.2) is 6.04 Å². The van der Waals surface area contributed by atoms with Crippen molar-refractivity contribution in [2.24, 2.45) is 5.92 Å². The van der Waals surface area contributed by atoms with Crippen molar-refractivity contribution in [3.05, 3.63) is 35.9 Å². The maximum Gasteiger partial charge on any atom is 0.333 e. The number of rotatable bonds is 5. The summed E-state index contributed by atoms with van der Waals surface area (Å²) < 4.78 is 5.08. The molecular formula is C16H22N2O3. The number of hydrogen-bond donors (Lipinski definition) is 2. The third kappa shape index (κ3) is 4.29. The summed E-state index contributed by atoms with van der Waals surface area (Å²) in [6.45, 7) is 3.66. The van der Waals surface area contributed by atoms with Gasteiger partial charge in [0.2, 0.25) is 5.91 Å². The summed E-state index contributed by atoms with van der Waals surface area (Å²) >= 11 is 0. The quantitative estimate of drug-likeness (QED) is 0.805. The monoisotopic (exact) mass is 290 g/mol. The van der Waals surface area contributed by atoms with E-state index in [2.05, 4.69) is 10.6 Å². The lowest BCUT2D eigenvalue weighted by atomic mass is 9.97. The smallest absolute Gasteiger partial charge is 0.333 e. The van der Waals surface area contributed by atoms with Gasteiger partial charge >= 0.3 is 5.97 Å². The van der Waals surface area contributed by atoms with Crippen molar-refractivity contribution in [3.8, 4) is 0 Å². The molecule has 1 heterocycles. The Morgan fingerprint density at radius 3 is 2.76 bits per heavy atom. The molecular weight excluding hydrogens is 268 g/mol. The molecule has 1 amide bonds. The van der Waals surface area contributed by atoms with Gasteiger partial charge in [0.25, 0.3) is 0 Å². The predicted molar refractivity (Wildman–Crippen MR) is 79.6 cm³/mol. The van der Waals surface area contributed by atoms with Crippen molar-refractivity contribution in [1.82, 2.24) is 10.6 Å². The molecule has 1 fully saturated rings. The van der Waals surface area contributed by atoms with Gasteiger partial charge in [0.1, 0.15) is 0 Å². The van der Waals surface area contributed by atoms with Crippen LogP contribution < -0.4 is 10.6 Å². The Morgan fingerprint density at radius 1 is 1.38 bits per heavy atom. The summed E-state index contributed by atoms with van der Waals surface area (Å²) in [5.41, 5.74) is 0.744. The molecule has 5 heteroatoms. The van der Waals surface area contributed by atoms with Gasteiger partial charge in [-0.3, -0.25) is 4.79 Å². The third-order valence-electron chi connectivity index (χ3n) is 3.61. The van der Waals surface area contributed by atoms with Crippen molar-refractivity contribution in [1.29, 1.82) is 0 Å². The van der Waals surface area contributed by atoms with E-state index in [0.717, 1.165) is 24.9 Å². The Morgan fingerprint density at radius 2 is 2.14 bits per heavy atom. The number of amides is 1. The molecule has 21 heavy (non-hydrogen) atoms. The summed E-state index contributed by atoms with van der Waals surface area (Å²) in [6, 6.07) is 8.47. The fourth-order valence-electron chi connectivity index (χ4n) is 2.49. The van der Waals surface area contributed by atoms with Crippen LogP contribution in [0.3, 0.4) is 0 Å². The van der Waals surface area contributed by atoms with E-state index >= 15 is 0 Å². The van der Waals surface area contributed by atoms with Crippen molar-refractivity contribution < 1.29 is 14.3 Å². The summed E-state index contributed by atoms with van der Waals surface area (Å²) in [4.78, 5) is 24.4. The first-order valence-electron chi connectivity index (χ1n) is 7.45. The van der Waals surface area contributed by atoms with Gasteiger partial charge in [0, 0.05) is 6.54 Å². The average molecular weight is 290 g/mol. The number of esters is 1. The molecule has 0 radical (unpaired) electrons. The molecule has 5 nitrogen and oxygen atoms in total. The Labute approximate surface area is 125 Å². The van der Waals surface area contributed by atoms with Crippen LogP contribution in [0.1, 0.15) is 31.4 Å². The van der Waals surface area contributed by atoms with E-state index in [4.69, 9.17) is 4.74 Å². The van der Waals surface area contributed by atoms with E-state index in [1.165, 1.54) is 0 Å². The van der Waals surface area contributed by atoms with Crippen LogP contribution in [0, 0.1) is 5.92 Å². The molecule has 2 N–H and O–H groups in total. The van der Waals surface area contributed by atoms with E-state index in [-0.39, 0.29) is 11.8 Å². The second-order valence-corrected chi connectivity index (χ2v) is 5.15. The minimum absolute atomic E-state index is 0.0839. The molecule has 2 rings (SSSR count). The first-order chi connectivity index (χ1) is 10.2. The molecule has 1 aliphatic rings. The Balaban J connectivity index is 2.08. The highest BCUT2D eigenvalue weighted by molar-refractivity contribution is 5.86. The topological polar surface area (TPSA) is 67.4 Å². The van der Waals surface area contributed by atoms with Crippen LogP contribution in [-0.4, -0.2) is 31.6 Å². The molecule has 1 aliphatic heterocycles. The number of hydrogen-bond acceptors (Lipinski definition) is 4. The lowest BCUT2D eigenvalue weighted by molar-refractivity contribution is -0.148. The maximum absolute atomic E-state index is 12.3. The zero-order valence-corrected chi connectivity index (χ0v) is 12.3. The van der Waals surface area contributed by atoms with Gasteiger partial charge in [-0.05, 0) is 31.9 Å².